The summed E-state index contributed by atoms with van der Waals surface area (Å²) in [7, 11) is 1.78. The zero-order valence-corrected chi connectivity index (χ0v) is 18.0. The number of aromatic nitrogens is 3. The molecule has 0 N–H and O–H groups in total. The van der Waals surface area contributed by atoms with Gasteiger partial charge in [0, 0.05) is 45.6 Å². The van der Waals surface area contributed by atoms with Crippen molar-refractivity contribution in [3.05, 3.63) is 41.7 Å². The van der Waals surface area contributed by atoms with Crippen molar-refractivity contribution in [1.29, 1.82) is 0 Å². The molecule has 1 aromatic carbocycles. The molecule has 2 heterocycles. The zero-order valence-electron chi connectivity index (χ0n) is 18.0. The van der Waals surface area contributed by atoms with Gasteiger partial charge in [-0.05, 0) is 25.5 Å². The molecular formula is C21H31N5O4. The molecule has 0 spiro atoms. The highest BCUT2D eigenvalue weighted by Crippen LogP contribution is 2.23. The van der Waals surface area contributed by atoms with Gasteiger partial charge in [-0.1, -0.05) is 23.4 Å². The first kappa shape index (κ1) is 22.2. The molecule has 1 saturated heterocycles. The Labute approximate surface area is 177 Å². The number of anilines is 1. The van der Waals surface area contributed by atoms with Crippen molar-refractivity contribution < 1.29 is 19.0 Å². The molecule has 1 aromatic heterocycles. The molecule has 1 amide bonds. The second-order valence-electron chi connectivity index (χ2n) is 7.06. The Kier molecular flexibility index (Phi) is 8.18. The van der Waals surface area contributed by atoms with Crippen LogP contribution in [0.3, 0.4) is 0 Å². The van der Waals surface area contributed by atoms with Crippen LogP contribution in [0.5, 0.6) is 0 Å². The first-order valence-electron chi connectivity index (χ1n) is 10.4. The SMILES string of the molecule is CCOC(Cn1cc(C(=O)N(C)Cc2ccccc2N2CCOCC2)nn1)OCC. The third-order valence-corrected chi connectivity index (χ3v) is 4.90. The molecule has 0 atom stereocenters. The van der Waals surface area contributed by atoms with Crippen LogP contribution in [0.15, 0.2) is 30.5 Å². The first-order valence-corrected chi connectivity index (χ1v) is 10.4. The molecule has 9 heteroatoms. The number of carbonyl (C=O) groups is 1. The normalized spacial score (nSPS) is 14.3. The van der Waals surface area contributed by atoms with Gasteiger partial charge < -0.3 is 24.0 Å². The molecule has 1 aliphatic heterocycles. The Morgan fingerprint density at radius 1 is 1.20 bits per heavy atom. The minimum atomic E-state index is -0.414. The lowest BCUT2D eigenvalue weighted by molar-refractivity contribution is -0.145. The quantitative estimate of drug-likeness (QED) is 0.545. The number of carbonyl (C=O) groups excluding carboxylic acids is 1. The lowest BCUT2D eigenvalue weighted by Gasteiger charge is -2.31. The number of benzene rings is 1. The van der Waals surface area contributed by atoms with Crippen LogP contribution in [0.2, 0.25) is 0 Å². The van der Waals surface area contributed by atoms with E-state index in [0.29, 0.717) is 32.0 Å². The minimum Gasteiger partial charge on any atom is -0.378 e. The smallest absolute Gasteiger partial charge is 0.276 e. The van der Waals surface area contributed by atoms with Gasteiger partial charge in [-0.3, -0.25) is 4.79 Å². The predicted molar refractivity (Wildman–Crippen MR) is 112 cm³/mol. The second kappa shape index (κ2) is 11.1. The van der Waals surface area contributed by atoms with Gasteiger partial charge in [0.1, 0.15) is 0 Å². The molecule has 164 valence electrons. The van der Waals surface area contributed by atoms with Crippen molar-refractivity contribution in [2.75, 3.05) is 51.5 Å². The Morgan fingerprint density at radius 3 is 2.60 bits per heavy atom. The van der Waals surface area contributed by atoms with Crippen LogP contribution in [0.25, 0.3) is 0 Å². The maximum atomic E-state index is 12.9. The van der Waals surface area contributed by atoms with Gasteiger partial charge in [0.05, 0.1) is 26.0 Å². The summed E-state index contributed by atoms with van der Waals surface area (Å²) in [5, 5.41) is 8.11. The van der Waals surface area contributed by atoms with E-state index >= 15 is 0 Å². The summed E-state index contributed by atoms with van der Waals surface area (Å²) in [5.41, 5.74) is 2.53. The van der Waals surface area contributed by atoms with Gasteiger partial charge in [-0.25, -0.2) is 4.68 Å². The molecule has 0 radical (unpaired) electrons. The summed E-state index contributed by atoms with van der Waals surface area (Å²) >= 11 is 0. The van der Waals surface area contributed by atoms with E-state index in [0.717, 1.165) is 37.6 Å². The summed E-state index contributed by atoms with van der Waals surface area (Å²) in [4.78, 5) is 16.9. The lowest BCUT2D eigenvalue weighted by atomic mass is 10.1. The van der Waals surface area contributed by atoms with E-state index in [4.69, 9.17) is 14.2 Å². The highest BCUT2D eigenvalue weighted by atomic mass is 16.7. The Morgan fingerprint density at radius 2 is 1.90 bits per heavy atom. The number of amides is 1. The molecule has 2 aromatic rings. The van der Waals surface area contributed by atoms with Crippen LogP contribution in [0.1, 0.15) is 29.9 Å². The topological polar surface area (TPSA) is 82.0 Å². The summed E-state index contributed by atoms with van der Waals surface area (Å²) < 4.78 is 18.1. The standard InChI is InChI=1S/C21H31N5O4/c1-4-29-20(30-5-2)16-26-15-18(22-23-26)21(27)24(3)14-17-8-6-7-9-19(17)25-10-12-28-13-11-25/h6-9,15,20H,4-5,10-14,16H2,1-3H3. The first-order chi connectivity index (χ1) is 14.6. The van der Waals surface area contributed by atoms with Crippen LogP contribution in [-0.2, 0) is 27.3 Å². The number of rotatable bonds is 10. The third-order valence-electron chi connectivity index (χ3n) is 4.90. The molecule has 3 rings (SSSR count). The maximum Gasteiger partial charge on any atom is 0.276 e. The molecule has 1 fully saturated rings. The molecule has 30 heavy (non-hydrogen) atoms. The average Bonchev–Trinajstić information content (AvgIpc) is 3.23. The molecule has 0 aliphatic carbocycles. The van der Waals surface area contributed by atoms with Gasteiger partial charge in [0.25, 0.3) is 5.91 Å². The highest BCUT2D eigenvalue weighted by molar-refractivity contribution is 5.91. The van der Waals surface area contributed by atoms with E-state index in [1.165, 1.54) is 0 Å². The fourth-order valence-corrected chi connectivity index (χ4v) is 3.44. The van der Waals surface area contributed by atoms with E-state index in [1.54, 1.807) is 22.8 Å². The van der Waals surface area contributed by atoms with Gasteiger partial charge in [-0.2, -0.15) is 0 Å². The Hall–Kier alpha value is -2.49. The molecule has 0 bridgehead atoms. The fourth-order valence-electron chi connectivity index (χ4n) is 3.44. The van der Waals surface area contributed by atoms with Crippen molar-refractivity contribution in [2.45, 2.75) is 33.2 Å². The van der Waals surface area contributed by atoms with Gasteiger partial charge in [-0.15, -0.1) is 5.10 Å². The van der Waals surface area contributed by atoms with Crippen LogP contribution >= 0.6 is 0 Å². The van der Waals surface area contributed by atoms with Crippen molar-refractivity contribution in [3.63, 3.8) is 0 Å². The summed E-state index contributed by atoms with van der Waals surface area (Å²) in [6.45, 7) is 8.90. The maximum absolute atomic E-state index is 12.9. The minimum absolute atomic E-state index is 0.178. The van der Waals surface area contributed by atoms with Crippen LogP contribution in [0.4, 0.5) is 5.69 Å². The molecule has 0 unspecified atom stereocenters. The molecular weight excluding hydrogens is 386 g/mol. The van der Waals surface area contributed by atoms with E-state index in [2.05, 4.69) is 27.3 Å². The van der Waals surface area contributed by atoms with E-state index in [1.807, 2.05) is 26.0 Å². The monoisotopic (exact) mass is 417 g/mol. The Balaban J connectivity index is 1.65. The molecule has 9 nitrogen and oxygen atoms in total. The lowest BCUT2D eigenvalue weighted by Crippen LogP contribution is -2.37. The highest BCUT2D eigenvalue weighted by Gasteiger charge is 2.20. The van der Waals surface area contributed by atoms with E-state index < -0.39 is 6.29 Å². The average molecular weight is 418 g/mol. The van der Waals surface area contributed by atoms with Crippen molar-refractivity contribution >= 4 is 11.6 Å². The van der Waals surface area contributed by atoms with Gasteiger partial charge >= 0.3 is 0 Å². The number of hydrogen-bond donors (Lipinski definition) is 0. The van der Waals surface area contributed by atoms with Gasteiger partial charge in [0.2, 0.25) is 0 Å². The van der Waals surface area contributed by atoms with E-state index in [9.17, 15) is 4.79 Å². The predicted octanol–water partition coefficient (Wildman–Crippen LogP) is 1.79. The second-order valence-corrected chi connectivity index (χ2v) is 7.06. The van der Waals surface area contributed by atoms with Crippen LogP contribution < -0.4 is 4.90 Å². The third kappa shape index (κ3) is 5.78. The number of ether oxygens (including phenoxy) is 3. The molecule has 0 saturated carbocycles. The number of hydrogen-bond acceptors (Lipinski definition) is 7. The number of nitrogens with zero attached hydrogens (tertiary/aromatic N) is 5. The van der Waals surface area contributed by atoms with Crippen molar-refractivity contribution in [2.24, 2.45) is 0 Å². The van der Waals surface area contributed by atoms with Crippen LogP contribution in [0, 0.1) is 0 Å². The summed E-state index contributed by atoms with van der Waals surface area (Å²) in [5.74, 6) is -0.178. The van der Waals surface area contributed by atoms with E-state index in [-0.39, 0.29) is 5.91 Å². The molecule has 1 aliphatic rings. The van der Waals surface area contributed by atoms with Crippen LogP contribution in [-0.4, -0.2) is 78.7 Å². The number of morpholine rings is 1. The fraction of sp³-hybridized carbons (Fsp3) is 0.571. The van der Waals surface area contributed by atoms with Crippen molar-refractivity contribution in [1.82, 2.24) is 19.9 Å². The Bertz CT molecular complexity index is 800. The summed E-state index contributed by atoms with van der Waals surface area (Å²) in [6.07, 6.45) is 1.22. The zero-order chi connectivity index (χ0) is 21.3. The number of para-hydroxylation sites is 1. The summed E-state index contributed by atoms with van der Waals surface area (Å²) in [6, 6.07) is 8.17. The van der Waals surface area contributed by atoms with Gasteiger partial charge in [0.15, 0.2) is 12.0 Å². The van der Waals surface area contributed by atoms with Crippen molar-refractivity contribution in [3.8, 4) is 0 Å². The largest absolute Gasteiger partial charge is 0.378 e.